The van der Waals surface area contributed by atoms with Crippen LogP contribution in [0.1, 0.15) is 34.6 Å². The van der Waals surface area contributed by atoms with E-state index in [0.29, 0.717) is 5.92 Å². The molecule has 0 saturated heterocycles. The largest absolute Gasteiger partial charge is 0.512 e. The van der Waals surface area contributed by atoms with E-state index in [1.807, 2.05) is 0 Å². The molecule has 1 N–H and O–H groups in total. The first-order valence-electron chi connectivity index (χ1n) is 6.46. The second-order valence-corrected chi connectivity index (χ2v) is 9.77. The second-order valence-electron chi connectivity index (χ2n) is 5.77. The zero-order valence-electron chi connectivity index (χ0n) is 12.6. The summed E-state index contributed by atoms with van der Waals surface area (Å²) >= 11 is 0. The van der Waals surface area contributed by atoms with Crippen LogP contribution in [0.4, 0.5) is 0 Å². The normalized spacial score (nSPS) is 21.3. The topological polar surface area (TPSA) is 20.2 Å². The molecule has 1 nitrogen and oxygen atoms in total. The average Bonchev–Trinajstić information content (AvgIpc) is 2.42. The zero-order valence-corrected chi connectivity index (χ0v) is 13.6. The molecule has 98 valence electrons. The van der Waals surface area contributed by atoms with Gasteiger partial charge in [0, 0.05) is 6.08 Å². The lowest BCUT2D eigenvalue weighted by atomic mass is 10.0. The maximum atomic E-state index is 9.16. The van der Waals surface area contributed by atoms with Crippen molar-refractivity contribution in [1.82, 2.24) is 0 Å². The van der Waals surface area contributed by atoms with Crippen molar-refractivity contribution >= 4 is 8.07 Å². The van der Waals surface area contributed by atoms with Gasteiger partial charge in [-0.05, 0) is 38.8 Å². The van der Waals surface area contributed by atoms with Gasteiger partial charge >= 0.3 is 0 Å². The fraction of sp³-hybridized carbons (Fsp3) is 0.500. The van der Waals surface area contributed by atoms with E-state index in [4.69, 9.17) is 5.11 Å². The van der Waals surface area contributed by atoms with Crippen LogP contribution in [-0.4, -0.2) is 13.2 Å². The first-order valence-corrected chi connectivity index (χ1v) is 9.46. The van der Waals surface area contributed by atoms with Gasteiger partial charge in [-0.15, -0.1) is 5.54 Å². The Balaban J connectivity index is 3.20. The van der Waals surface area contributed by atoms with E-state index in [0.717, 1.165) is 0 Å². The monoisotopic (exact) mass is 260 g/mol. The Morgan fingerprint density at radius 3 is 2.17 bits per heavy atom. The quantitative estimate of drug-likeness (QED) is 0.417. The standard InChI is InChI=1S/C16H24OSi/c1-11(17)9-8-10-18(6,7)16-14(4)12(2)13(3)15(16)5/h9,12,17H,1-7H3. The fourth-order valence-electron chi connectivity index (χ4n) is 2.70. The molecule has 1 rings (SSSR count). The number of rotatable bonds is 1. The summed E-state index contributed by atoms with van der Waals surface area (Å²) in [5, 5.41) is 10.7. The van der Waals surface area contributed by atoms with Crippen molar-refractivity contribution in [2.24, 2.45) is 5.92 Å². The van der Waals surface area contributed by atoms with Gasteiger partial charge in [0.25, 0.3) is 0 Å². The summed E-state index contributed by atoms with van der Waals surface area (Å²) in [7, 11) is -1.74. The molecule has 0 aromatic carbocycles. The first-order chi connectivity index (χ1) is 8.18. The summed E-state index contributed by atoms with van der Waals surface area (Å²) in [6.07, 6.45) is 1.59. The third-order valence-corrected chi connectivity index (χ3v) is 6.74. The summed E-state index contributed by atoms with van der Waals surface area (Å²) in [6.45, 7) is 15.2. The van der Waals surface area contributed by atoms with Crippen molar-refractivity contribution in [1.29, 1.82) is 0 Å². The molecule has 0 amide bonds. The van der Waals surface area contributed by atoms with Crippen LogP contribution in [0.3, 0.4) is 0 Å². The summed E-state index contributed by atoms with van der Waals surface area (Å²) in [4.78, 5) is 0. The molecule has 0 spiro atoms. The maximum absolute atomic E-state index is 9.16. The molecule has 0 heterocycles. The molecular formula is C16H24OSi. The van der Waals surface area contributed by atoms with Crippen LogP contribution in [0.15, 0.2) is 33.8 Å². The molecule has 0 aliphatic heterocycles. The van der Waals surface area contributed by atoms with E-state index in [1.165, 1.54) is 21.9 Å². The van der Waals surface area contributed by atoms with Crippen molar-refractivity contribution in [2.75, 3.05) is 0 Å². The Kier molecular flexibility index (Phi) is 4.29. The Hall–Kier alpha value is -1.20. The van der Waals surface area contributed by atoms with Crippen molar-refractivity contribution in [3.05, 3.63) is 33.8 Å². The van der Waals surface area contributed by atoms with E-state index in [-0.39, 0.29) is 5.76 Å². The summed E-state index contributed by atoms with van der Waals surface area (Å²) < 4.78 is 0. The van der Waals surface area contributed by atoms with Gasteiger partial charge in [0.05, 0.1) is 5.76 Å². The van der Waals surface area contributed by atoms with Crippen LogP contribution in [0.2, 0.25) is 13.1 Å². The Morgan fingerprint density at radius 1 is 1.22 bits per heavy atom. The van der Waals surface area contributed by atoms with Crippen LogP contribution in [-0.2, 0) is 0 Å². The fourth-order valence-corrected chi connectivity index (χ4v) is 5.60. The summed E-state index contributed by atoms with van der Waals surface area (Å²) in [5.41, 5.74) is 7.81. The summed E-state index contributed by atoms with van der Waals surface area (Å²) in [5.74, 6) is 3.85. The average molecular weight is 260 g/mol. The Bertz CT molecular complexity index is 503. The molecular weight excluding hydrogens is 236 g/mol. The van der Waals surface area contributed by atoms with Gasteiger partial charge in [0.15, 0.2) is 8.07 Å². The maximum Gasteiger partial charge on any atom is 0.163 e. The Morgan fingerprint density at radius 2 is 1.78 bits per heavy atom. The molecule has 1 atom stereocenters. The van der Waals surface area contributed by atoms with E-state index >= 15 is 0 Å². The lowest BCUT2D eigenvalue weighted by Gasteiger charge is -2.20. The smallest absolute Gasteiger partial charge is 0.163 e. The van der Waals surface area contributed by atoms with Crippen molar-refractivity contribution in [3.8, 4) is 11.5 Å². The van der Waals surface area contributed by atoms with Crippen LogP contribution >= 0.6 is 0 Å². The highest BCUT2D eigenvalue weighted by Crippen LogP contribution is 2.40. The molecule has 2 heteroatoms. The van der Waals surface area contributed by atoms with E-state index in [2.05, 4.69) is 52.3 Å². The highest BCUT2D eigenvalue weighted by molar-refractivity contribution is 6.92. The number of hydrogen-bond acceptors (Lipinski definition) is 1. The van der Waals surface area contributed by atoms with Gasteiger partial charge < -0.3 is 5.11 Å². The summed E-state index contributed by atoms with van der Waals surface area (Å²) in [6, 6.07) is 0. The molecule has 1 aliphatic carbocycles. The predicted molar refractivity (Wildman–Crippen MR) is 81.9 cm³/mol. The molecule has 0 bridgehead atoms. The first kappa shape index (κ1) is 14.9. The highest BCUT2D eigenvalue weighted by Gasteiger charge is 2.33. The van der Waals surface area contributed by atoms with Crippen LogP contribution in [0.25, 0.3) is 0 Å². The number of aliphatic hydroxyl groups is 1. The van der Waals surface area contributed by atoms with Gasteiger partial charge in [0.1, 0.15) is 0 Å². The second kappa shape index (κ2) is 5.20. The zero-order chi connectivity index (χ0) is 14.1. The highest BCUT2D eigenvalue weighted by atomic mass is 28.3. The molecule has 0 radical (unpaired) electrons. The molecule has 1 aliphatic rings. The third kappa shape index (κ3) is 2.79. The molecule has 18 heavy (non-hydrogen) atoms. The molecule has 0 saturated carbocycles. The lowest BCUT2D eigenvalue weighted by Crippen LogP contribution is -2.28. The molecule has 0 fully saturated rings. The molecule has 1 unspecified atom stereocenters. The predicted octanol–water partition coefficient (Wildman–Crippen LogP) is 4.54. The van der Waals surface area contributed by atoms with Gasteiger partial charge in [0.2, 0.25) is 0 Å². The van der Waals surface area contributed by atoms with Crippen molar-refractivity contribution in [2.45, 2.75) is 47.7 Å². The van der Waals surface area contributed by atoms with Gasteiger partial charge in [-0.2, -0.15) is 0 Å². The molecule has 0 aromatic heterocycles. The lowest BCUT2D eigenvalue weighted by molar-refractivity contribution is 0.415. The minimum Gasteiger partial charge on any atom is -0.512 e. The number of allylic oxidation sites excluding steroid dienone is 6. The van der Waals surface area contributed by atoms with Gasteiger partial charge in [-0.1, -0.05) is 42.7 Å². The van der Waals surface area contributed by atoms with Crippen molar-refractivity contribution in [3.63, 3.8) is 0 Å². The van der Waals surface area contributed by atoms with E-state index in [1.54, 1.807) is 13.0 Å². The van der Waals surface area contributed by atoms with Crippen LogP contribution in [0.5, 0.6) is 0 Å². The minimum absolute atomic E-state index is 0.279. The van der Waals surface area contributed by atoms with Gasteiger partial charge in [-0.3, -0.25) is 0 Å². The number of hydrogen-bond donors (Lipinski definition) is 1. The van der Waals surface area contributed by atoms with E-state index < -0.39 is 8.07 Å². The van der Waals surface area contributed by atoms with Crippen LogP contribution < -0.4 is 0 Å². The van der Waals surface area contributed by atoms with Gasteiger partial charge in [-0.25, -0.2) is 0 Å². The molecule has 0 aromatic rings. The van der Waals surface area contributed by atoms with Crippen molar-refractivity contribution < 1.29 is 5.11 Å². The third-order valence-electron chi connectivity index (χ3n) is 3.95. The minimum atomic E-state index is -1.74. The van der Waals surface area contributed by atoms with Crippen LogP contribution in [0, 0.1) is 17.4 Å². The van der Waals surface area contributed by atoms with E-state index in [9.17, 15) is 0 Å². The Labute approximate surface area is 112 Å². The number of aliphatic hydroxyl groups excluding tert-OH is 1. The SMILES string of the molecule is CC(O)=CC#C[Si](C)(C)C1=C(C)C(C)C(C)=C1C.